The van der Waals surface area contributed by atoms with Crippen LogP contribution in [0, 0.1) is 0 Å². The SMILES string of the molecule is C=CC(=O)OCC(=O)Oc1ccccc1OC. The van der Waals surface area contributed by atoms with E-state index in [9.17, 15) is 9.59 Å². The van der Waals surface area contributed by atoms with Crippen LogP contribution in [0.5, 0.6) is 11.5 Å². The lowest BCUT2D eigenvalue weighted by Crippen LogP contribution is -2.18. The van der Waals surface area contributed by atoms with E-state index >= 15 is 0 Å². The Morgan fingerprint density at radius 2 is 1.94 bits per heavy atom. The van der Waals surface area contributed by atoms with Crippen LogP contribution in [-0.2, 0) is 14.3 Å². The van der Waals surface area contributed by atoms with Crippen molar-refractivity contribution < 1.29 is 23.8 Å². The van der Waals surface area contributed by atoms with Crippen LogP contribution >= 0.6 is 0 Å². The van der Waals surface area contributed by atoms with Gasteiger partial charge in [0.2, 0.25) is 0 Å². The molecule has 1 aromatic carbocycles. The van der Waals surface area contributed by atoms with Crippen LogP contribution in [0.25, 0.3) is 0 Å². The minimum atomic E-state index is -0.690. The standard InChI is InChI=1S/C12H12O5/c1-3-11(13)16-8-12(14)17-10-7-5-4-6-9(10)15-2/h3-7H,1,8H2,2H3. The zero-order valence-corrected chi connectivity index (χ0v) is 9.34. The van der Waals surface area contributed by atoms with E-state index in [1.165, 1.54) is 7.11 Å². The Hall–Kier alpha value is -2.30. The van der Waals surface area contributed by atoms with Gasteiger partial charge in [0.05, 0.1) is 7.11 Å². The molecule has 0 heterocycles. The fourth-order valence-electron chi connectivity index (χ4n) is 1.04. The Bertz CT molecular complexity index is 425. The topological polar surface area (TPSA) is 61.8 Å². The van der Waals surface area contributed by atoms with Crippen LogP contribution in [0.4, 0.5) is 0 Å². The molecule has 5 heteroatoms. The molecule has 90 valence electrons. The Morgan fingerprint density at radius 3 is 2.53 bits per heavy atom. The molecular weight excluding hydrogens is 224 g/mol. The summed E-state index contributed by atoms with van der Waals surface area (Å²) < 4.78 is 14.5. The van der Waals surface area contributed by atoms with Crippen LogP contribution in [0.2, 0.25) is 0 Å². The maximum atomic E-state index is 11.3. The lowest BCUT2D eigenvalue weighted by molar-refractivity contribution is -0.150. The van der Waals surface area contributed by atoms with Gasteiger partial charge in [-0.2, -0.15) is 0 Å². The number of para-hydroxylation sites is 2. The normalized spacial score (nSPS) is 9.24. The summed E-state index contributed by atoms with van der Waals surface area (Å²) in [7, 11) is 1.46. The van der Waals surface area contributed by atoms with Crippen molar-refractivity contribution in [1.82, 2.24) is 0 Å². The average molecular weight is 236 g/mol. The molecule has 0 aliphatic carbocycles. The molecule has 0 atom stereocenters. The van der Waals surface area contributed by atoms with Crippen molar-refractivity contribution in [3.8, 4) is 11.5 Å². The first-order valence-electron chi connectivity index (χ1n) is 4.80. The summed E-state index contributed by atoms with van der Waals surface area (Å²) in [5, 5.41) is 0. The minimum Gasteiger partial charge on any atom is -0.493 e. The van der Waals surface area contributed by atoms with Crippen molar-refractivity contribution in [2.24, 2.45) is 0 Å². The molecule has 0 unspecified atom stereocenters. The van der Waals surface area contributed by atoms with Gasteiger partial charge in [-0.1, -0.05) is 18.7 Å². The van der Waals surface area contributed by atoms with Crippen LogP contribution in [0.1, 0.15) is 0 Å². The largest absolute Gasteiger partial charge is 0.493 e. The summed E-state index contributed by atoms with van der Waals surface area (Å²) in [5.74, 6) is -0.669. The van der Waals surface area contributed by atoms with Gasteiger partial charge in [0.25, 0.3) is 0 Å². The molecule has 0 N–H and O–H groups in total. The van der Waals surface area contributed by atoms with E-state index in [0.29, 0.717) is 5.75 Å². The molecule has 0 amide bonds. The van der Waals surface area contributed by atoms with Gasteiger partial charge in [-0.15, -0.1) is 0 Å². The molecule has 1 aromatic rings. The zero-order chi connectivity index (χ0) is 12.7. The third-order valence-electron chi connectivity index (χ3n) is 1.79. The molecular formula is C12H12O5. The monoisotopic (exact) mass is 236 g/mol. The van der Waals surface area contributed by atoms with Gasteiger partial charge < -0.3 is 14.2 Å². The van der Waals surface area contributed by atoms with Crippen molar-refractivity contribution in [2.75, 3.05) is 13.7 Å². The van der Waals surface area contributed by atoms with Gasteiger partial charge in [-0.3, -0.25) is 0 Å². The summed E-state index contributed by atoms with van der Waals surface area (Å²) in [6, 6.07) is 6.67. The molecule has 0 aromatic heterocycles. The molecule has 5 nitrogen and oxygen atoms in total. The predicted octanol–water partition coefficient (Wildman–Crippen LogP) is 1.33. The van der Waals surface area contributed by atoms with Gasteiger partial charge in [0.1, 0.15) is 0 Å². The number of methoxy groups -OCH3 is 1. The van der Waals surface area contributed by atoms with E-state index in [2.05, 4.69) is 11.3 Å². The Morgan fingerprint density at radius 1 is 1.29 bits per heavy atom. The number of ether oxygens (including phenoxy) is 3. The molecule has 17 heavy (non-hydrogen) atoms. The minimum absolute atomic E-state index is 0.273. The lowest BCUT2D eigenvalue weighted by Gasteiger charge is -2.08. The molecule has 0 aliphatic heterocycles. The highest BCUT2D eigenvalue weighted by atomic mass is 16.6. The number of esters is 2. The van der Waals surface area contributed by atoms with E-state index in [1.54, 1.807) is 24.3 Å². The van der Waals surface area contributed by atoms with Gasteiger partial charge in [0, 0.05) is 6.08 Å². The van der Waals surface area contributed by atoms with Gasteiger partial charge in [0.15, 0.2) is 18.1 Å². The summed E-state index contributed by atoms with van der Waals surface area (Å²) in [4.78, 5) is 22.0. The summed E-state index contributed by atoms with van der Waals surface area (Å²) in [6.07, 6.45) is 0.969. The zero-order valence-electron chi connectivity index (χ0n) is 9.34. The second kappa shape index (κ2) is 6.32. The number of hydrogen-bond acceptors (Lipinski definition) is 5. The number of rotatable bonds is 5. The molecule has 1 rings (SSSR count). The third kappa shape index (κ3) is 3.98. The molecule has 0 spiro atoms. The maximum Gasteiger partial charge on any atom is 0.349 e. The van der Waals surface area contributed by atoms with Crippen LogP contribution < -0.4 is 9.47 Å². The van der Waals surface area contributed by atoms with Gasteiger partial charge in [-0.05, 0) is 12.1 Å². The predicted molar refractivity (Wildman–Crippen MR) is 59.8 cm³/mol. The van der Waals surface area contributed by atoms with Crippen molar-refractivity contribution in [2.45, 2.75) is 0 Å². The highest BCUT2D eigenvalue weighted by Crippen LogP contribution is 2.25. The molecule has 0 saturated carbocycles. The molecule has 0 fully saturated rings. The van der Waals surface area contributed by atoms with Gasteiger partial charge >= 0.3 is 11.9 Å². The maximum absolute atomic E-state index is 11.3. The van der Waals surface area contributed by atoms with E-state index in [-0.39, 0.29) is 5.75 Å². The summed E-state index contributed by atoms with van der Waals surface area (Å²) >= 11 is 0. The van der Waals surface area contributed by atoms with Crippen LogP contribution in [-0.4, -0.2) is 25.7 Å². The second-order valence-corrected chi connectivity index (χ2v) is 2.94. The number of hydrogen-bond donors (Lipinski definition) is 0. The van der Waals surface area contributed by atoms with Gasteiger partial charge in [-0.25, -0.2) is 9.59 Å². The second-order valence-electron chi connectivity index (χ2n) is 2.94. The van der Waals surface area contributed by atoms with E-state index < -0.39 is 18.5 Å². The summed E-state index contributed by atoms with van der Waals surface area (Å²) in [5.41, 5.74) is 0. The first-order chi connectivity index (χ1) is 8.17. The van der Waals surface area contributed by atoms with Crippen molar-refractivity contribution in [1.29, 1.82) is 0 Å². The van der Waals surface area contributed by atoms with Crippen LogP contribution in [0.15, 0.2) is 36.9 Å². The number of carbonyl (C=O) groups is 2. The van der Waals surface area contributed by atoms with E-state index in [4.69, 9.17) is 9.47 Å². The summed E-state index contributed by atoms with van der Waals surface area (Å²) in [6.45, 7) is 2.73. The van der Waals surface area contributed by atoms with E-state index in [0.717, 1.165) is 6.08 Å². The first-order valence-corrected chi connectivity index (χ1v) is 4.80. The lowest BCUT2D eigenvalue weighted by atomic mass is 10.3. The molecule has 0 radical (unpaired) electrons. The smallest absolute Gasteiger partial charge is 0.349 e. The molecule has 0 aliphatic rings. The van der Waals surface area contributed by atoms with Crippen molar-refractivity contribution in [3.63, 3.8) is 0 Å². The quantitative estimate of drug-likeness (QED) is 0.438. The average Bonchev–Trinajstić information content (AvgIpc) is 2.36. The Labute approximate surface area is 98.6 Å². The highest BCUT2D eigenvalue weighted by Gasteiger charge is 2.10. The molecule has 0 bridgehead atoms. The van der Waals surface area contributed by atoms with Crippen molar-refractivity contribution in [3.05, 3.63) is 36.9 Å². The highest BCUT2D eigenvalue weighted by molar-refractivity contribution is 5.84. The Balaban J connectivity index is 2.56. The van der Waals surface area contributed by atoms with E-state index in [1.807, 2.05) is 0 Å². The fourth-order valence-corrected chi connectivity index (χ4v) is 1.04. The third-order valence-corrected chi connectivity index (χ3v) is 1.79. The number of carbonyl (C=O) groups excluding carboxylic acids is 2. The molecule has 0 saturated heterocycles. The Kier molecular flexibility index (Phi) is 4.75. The van der Waals surface area contributed by atoms with Crippen molar-refractivity contribution >= 4 is 11.9 Å². The fraction of sp³-hybridized carbons (Fsp3) is 0.167. The van der Waals surface area contributed by atoms with Crippen LogP contribution in [0.3, 0.4) is 0 Å². The first kappa shape index (κ1) is 12.8. The number of benzene rings is 1.